The van der Waals surface area contributed by atoms with Crippen LogP contribution in [0.5, 0.6) is 0 Å². The molecule has 0 bridgehead atoms. The second-order valence-corrected chi connectivity index (χ2v) is 8.07. The molecule has 0 fully saturated rings. The van der Waals surface area contributed by atoms with Gasteiger partial charge >= 0.3 is 0 Å². The van der Waals surface area contributed by atoms with Crippen LogP contribution in [0.25, 0.3) is 0 Å². The molecular weight excluding hydrogens is 296 g/mol. The molecule has 0 aromatic rings. The van der Waals surface area contributed by atoms with E-state index in [1.165, 1.54) is 23.5 Å². The van der Waals surface area contributed by atoms with Crippen molar-refractivity contribution in [2.45, 2.75) is 32.4 Å². The zero-order valence-corrected chi connectivity index (χ0v) is 14.0. The summed E-state index contributed by atoms with van der Waals surface area (Å²) >= 11 is 9.06. The Balaban J connectivity index is 5.75. The zero-order valence-electron chi connectivity index (χ0n) is 10.8. The van der Waals surface area contributed by atoms with Crippen molar-refractivity contribution in [1.82, 2.24) is 0 Å². The smallest absolute Gasteiger partial charge is 0.182 e. The van der Waals surface area contributed by atoms with Crippen molar-refractivity contribution in [2.24, 2.45) is 0 Å². The molecule has 0 aromatic carbocycles. The molecule has 0 radical (unpaired) electrons. The van der Waals surface area contributed by atoms with E-state index in [0.29, 0.717) is 5.03 Å². The van der Waals surface area contributed by atoms with Gasteiger partial charge in [-0.05, 0) is 38.2 Å². The third kappa shape index (κ3) is 4.54. The van der Waals surface area contributed by atoms with Gasteiger partial charge in [0.15, 0.2) is 9.84 Å². The predicted octanol–water partition coefficient (Wildman–Crippen LogP) is 4.24. The summed E-state index contributed by atoms with van der Waals surface area (Å²) < 4.78 is 24.4. The fourth-order valence-corrected chi connectivity index (χ4v) is 4.62. The first kappa shape index (κ1) is 17.4. The van der Waals surface area contributed by atoms with Crippen LogP contribution in [0.3, 0.4) is 0 Å². The van der Waals surface area contributed by atoms with E-state index in [1.807, 2.05) is 19.4 Å². The number of allylic oxidation sites excluding steroid dienone is 2. The van der Waals surface area contributed by atoms with E-state index in [4.69, 9.17) is 11.6 Å². The standard InChI is InChI=1S/C11H19ClO2S3/c1-6-9(16-5)11(12)10(7-15-4)17(13,14)8(2)3/h7-8H,6H2,1-5H3/b10-7-,11-9+. The lowest BCUT2D eigenvalue weighted by Crippen LogP contribution is -2.16. The van der Waals surface area contributed by atoms with E-state index in [-0.39, 0.29) is 4.91 Å². The summed E-state index contributed by atoms with van der Waals surface area (Å²) in [6.07, 6.45) is 4.46. The minimum absolute atomic E-state index is 0.243. The Kier molecular flexibility index (Phi) is 7.96. The Labute approximate surface area is 118 Å². The van der Waals surface area contributed by atoms with Crippen LogP contribution in [0, 0.1) is 0 Å². The van der Waals surface area contributed by atoms with Crippen LogP contribution >= 0.6 is 35.1 Å². The SMILES string of the molecule is CC/C(SC)=C(Cl)/C(=C/SC)S(=O)(=O)C(C)C. The van der Waals surface area contributed by atoms with Crippen LogP contribution in [0.4, 0.5) is 0 Å². The zero-order chi connectivity index (χ0) is 13.6. The Hall–Kier alpha value is 0.420. The number of hydrogen-bond acceptors (Lipinski definition) is 4. The summed E-state index contributed by atoms with van der Waals surface area (Å²) in [4.78, 5) is 1.14. The van der Waals surface area contributed by atoms with Crippen molar-refractivity contribution in [3.05, 3.63) is 20.3 Å². The molecule has 0 amide bonds. The lowest BCUT2D eigenvalue weighted by atomic mass is 10.4. The maximum absolute atomic E-state index is 12.2. The number of rotatable bonds is 6. The van der Waals surface area contributed by atoms with Gasteiger partial charge in [0.1, 0.15) is 0 Å². The van der Waals surface area contributed by atoms with Gasteiger partial charge in [-0.15, -0.1) is 23.5 Å². The predicted molar refractivity (Wildman–Crippen MR) is 82.3 cm³/mol. The average Bonchev–Trinajstić information content (AvgIpc) is 2.26. The maximum atomic E-state index is 12.2. The lowest BCUT2D eigenvalue weighted by molar-refractivity contribution is 0.594. The van der Waals surface area contributed by atoms with Crippen molar-refractivity contribution < 1.29 is 8.42 Å². The largest absolute Gasteiger partial charge is 0.223 e. The molecule has 0 atom stereocenters. The quantitative estimate of drug-likeness (QED) is 0.687. The topological polar surface area (TPSA) is 34.1 Å². The first-order chi connectivity index (χ1) is 7.82. The van der Waals surface area contributed by atoms with Gasteiger partial charge in [0, 0.05) is 4.91 Å². The highest BCUT2D eigenvalue weighted by molar-refractivity contribution is 8.03. The van der Waals surface area contributed by atoms with Gasteiger partial charge in [0.25, 0.3) is 0 Å². The monoisotopic (exact) mass is 314 g/mol. The first-order valence-corrected chi connectivity index (χ1v) is 9.66. The van der Waals surface area contributed by atoms with Crippen LogP contribution < -0.4 is 0 Å². The number of sulfone groups is 1. The molecule has 0 aliphatic carbocycles. The van der Waals surface area contributed by atoms with E-state index in [0.717, 1.165) is 11.3 Å². The highest BCUT2D eigenvalue weighted by Gasteiger charge is 2.25. The van der Waals surface area contributed by atoms with Crippen molar-refractivity contribution in [3.8, 4) is 0 Å². The van der Waals surface area contributed by atoms with Crippen LogP contribution in [0.15, 0.2) is 20.3 Å². The summed E-state index contributed by atoms with van der Waals surface area (Å²) in [7, 11) is -3.33. The molecule has 0 spiro atoms. The average molecular weight is 315 g/mol. The van der Waals surface area contributed by atoms with Gasteiger partial charge in [-0.2, -0.15) is 0 Å². The van der Waals surface area contributed by atoms with Crippen LogP contribution in [0.2, 0.25) is 0 Å². The Bertz CT molecular complexity index is 402. The molecule has 0 saturated heterocycles. The molecule has 2 nitrogen and oxygen atoms in total. The fraction of sp³-hybridized carbons (Fsp3) is 0.636. The van der Waals surface area contributed by atoms with Crippen LogP contribution in [0.1, 0.15) is 27.2 Å². The molecule has 17 heavy (non-hydrogen) atoms. The second-order valence-electron chi connectivity index (χ2n) is 3.61. The minimum atomic E-state index is -3.33. The molecule has 100 valence electrons. The fourth-order valence-electron chi connectivity index (χ4n) is 1.13. The molecule has 0 aromatic heterocycles. The molecule has 0 N–H and O–H groups in total. The summed E-state index contributed by atoms with van der Waals surface area (Å²) in [6, 6.07) is 0. The van der Waals surface area contributed by atoms with Crippen molar-refractivity contribution in [1.29, 1.82) is 0 Å². The Morgan fingerprint density at radius 1 is 1.35 bits per heavy atom. The van der Waals surface area contributed by atoms with Gasteiger partial charge in [0.2, 0.25) is 0 Å². The van der Waals surface area contributed by atoms with Gasteiger partial charge in [0.05, 0.1) is 15.2 Å². The Morgan fingerprint density at radius 3 is 2.18 bits per heavy atom. The Morgan fingerprint density at radius 2 is 1.88 bits per heavy atom. The maximum Gasteiger partial charge on any atom is 0.182 e. The third-order valence-corrected chi connectivity index (χ3v) is 6.62. The number of hydrogen-bond donors (Lipinski definition) is 0. The van der Waals surface area contributed by atoms with Crippen LogP contribution in [-0.2, 0) is 9.84 Å². The minimum Gasteiger partial charge on any atom is -0.223 e. The van der Waals surface area contributed by atoms with E-state index in [9.17, 15) is 8.42 Å². The molecule has 0 aliphatic rings. The van der Waals surface area contributed by atoms with Gasteiger partial charge < -0.3 is 0 Å². The third-order valence-electron chi connectivity index (χ3n) is 2.18. The van der Waals surface area contributed by atoms with Crippen molar-refractivity contribution in [2.75, 3.05) is 12.5 Å². The molecule has 0 rings (SSSR count). The highest BCUT2D eigenvalue weighted by atomic mass is 35.5. The normalized spacial score (nSPS) is 15.1. The van der Waals surface area contributed by atoms with E-state index >= 15 is 0 Å². The second kappa shape index (κ2) is 7.77. The van der Waals surface area contributed by atoms with E-state index < -0.39 is 15.1 Å². The van der Waals surface area contributed by atoms with Crippen LogP contribution in [-0.4, -0.2) is 26.2 Å². The summed E-state index contributed by atoms with van der Waals surface area (Å²) in [6.45, 7) is 5.30. The number of halogens is 1. The van der Waals surface area contributed by atoms with Gasteiger partial charge in [-0.1, -0.05) is 18.5 Å². The van der Waals surface area contributed by atoms with E-state index in [1.54, 1.807) is 19.3 Å². The molecule has 0 saturated carbocycles. The number of thioether (sulfide) groups is 2. The lowest BCUT2D eigenvalue weighted by Gasteiger charge is -2.13. The van der Waals surface area contributed by atoms with Gasteiger partial charge in [-0.3, -0.25) is 0 Å². The molecule has 0 aliphatic heterocycles. The molecule has 0 unspecified atom stereocenters. The summed E-state index contributed by atoms with van der Waals surface area (Å²) in [5.41, 5.74) is 0. The van der Waals surface area contributed by atoms with Crippen molar-refractivity contribution in [3.63, 3.8) is 0 Å². The first-order valence-electron chi connectivity index (χ1n) is 5.22. The molecule has 6 heteroatoms. The van der Waals surface area contributed by atoms with E-state index in [2.05, 4.69) is 0 Å². The summed E-state index contributed by atoms with van der Waals surface area (Å²) in [5, 5.41) is 1.52. The van der Waals surface area contributed by atoms with Gasteiger partial charge in [-0.25, -0.2) is 8.42 Å². The van der Waals surface area contributed by atoms with Crippen molar-refractivity contribution >= 4 is 45.0 Å². The molecule has 0 heterocycles. The highest BCUT2D eigenvalue weighted by Crippen LogP contribution is 2.34. The summed E-state index contributed by atoms with van der Waals surface area (Å²) in [5.74, 6) is 0. The molecular formula is C11H19ClO2S3.